The fraction of sp³-hybridized carbons (Fsp3) is 0.647. The van der Waals surface area contributed by atoms with Crippen LogP contribution in [-0.2, 0) is 16.8 Å². The highest BCUT2D eigenvalue weighted by Gasteiger charge is 2.38. The maximum atomic E-state index is 6.19. The Bertz CT molecular complexity index is 513. The maximum absolute atomic E-state index is 6.19. The van der Waals surface area contributed by atoms with E-state index < -0.39 is 0 Å². The zero-order chi connectivity index (χ0) is 15.7. The Morgan fingerprint density at radius 2 is 1.86 bits per heavy atom. The Morgan fingerprint density at radius 3 is 2.43 bits per heavy atom. The van der Waals surface area contributed by atoms with Crippen LogP contribution in [0.1, 0.15) is 38.3 Å². The monoisotopic (exact) mass is 356 g/mol. The van der Waals surface area contributed by atoms with Gasteiger partial charge in [0.1, 0.15) is 0 Å². The van der Waals surface area contributed by atoms with Gasteiger partial charge in [-0.2, -0.15) is 0 Å². The highest BCUT2D eigenvalue weighted by Crippen LogP contribution is 2.45. The van der Waals surface area contributed by atoms with Crippen LogP contribution in [0.5, 0.6) is 11.5 Å². The molecular weight excluding hydrogens is 332 g/mol. The molecule has 21 heavy (non-hydrogen) atoms. The molecule has 0 spiro atoms. The van der Waals surface area contributed by atoms with Crippen LogP contribution < -0.4 is 9.47 Å². The van der Waals surface area contributed by atoms with E-state index in [1.54, 1.807) is 14.2 Å². The van der Waals surface area contributed by atoms with Gasteiger partial charge in [-0.25, -0.2) is 0 Å². The van der Waals surface area contributed by atoms with Gasteiger partial charge in [-0.15, -0.1) is 0 Å². The van der Waals surface area contributed by atoms with Crippen molar-refractivity contribution >= 4 is 15.9 Å². The van der Waals surface area contributed by atoms with E-state index in [0.717, 1.165) is 36.3 Å². The van der Waals surface area contributed by atoms with Crippen LogP contribution in [0.3, 0.4) is 0 Å². The Morgan fingerprint density at radius 1 is 1.24 bits per heavy atom. The fourth-order valence-corrected chi connectivity index (χ4v) is 3.39. The number of hydrogen-bond acceptors (Lipinski definition) is 3. The second-order valence-corrected chi connectivity index (χ2v) is 7.23. The van der Waals surface area contributed by atoms with Crippen LogP contribution in [-0.4, -0.2) is 26.2 Å². The molecule has 4 heteroatoms. The molecule has 3 nitrogen and oxygen atoms in total. The topological polar surface area (TPSA) is 27.7 Å². The van der Waals surface area contributed by atoms with Gasteiger partial charge in [-0.1, -0.05) is 29.8 Å². The lowest BCUT2D eigenvalue weighted by Crippen LogP contribution is -2.37. The Kier molecular flexibility index (Phi) is 4.89. The van der Waals surface area contributed by atoms with Crippen molar-refractivity contribution in [2.75, 3.05) is 26.2 Å². The number of halogens is 1. The van der Waals surface area contributed by atoms with Crippen LogP contribution in [0.2, 0.25) is 0 Å². The summed E-state index contributed by atoms with van der Waals surface area (Å²) in [4.78, 5) is 0. The number of hydrogen-bond donors (Lipinski definition) is 0. The smallest absolute Gasteiger partial charge is 0.161 e. The molecule has 0 aliphatic carbocycles. The van der Waals surface area contributed by atoms with Gasteiger partial charge in [0.25, 0.3) is 0 Å². The van der Waals surface area contributed by atoms with Gasteiger partial charge in [-0.3, -0.25) is 0 Å². The third-order valence-electron chi connectivity index (χ3n) is 4.15. The quantitative estimate of drug-likeness (QED) is 0.736. The summed E-state index contributed by atoms with van der Waals surface area (Å²) in [6.45, 7) is 7.44. The van der Waals surface area contributed by atoms with E-state index in [-0.39, 0.29) is 11.0 Å². The number of benzene rings is 1. The molecule has 1 atom stereocenters. The summed E-state index contributed by atoms with van der Waals surface area (Å²) in [5.41, 5.74) is 2.40. The average molecular weight is 357 g/mol. The van der Waals surface area contributed by atoms with Crippen molar-refractivity contribution in [2.24, 2.45) is 5.41 Å². The van der Waals surface area contributed by atoms with Crippen molar-refractivity contribution in [2.45, 2.75) is 39.2 Å². The minimum Gasteiger partial charge on any atom is -0.493 e. The number of rotatable bonds is 5. The van der Waals surface area contributed by atoms with E-state index in [2.05, 4.69) is 48.8 Å². The lowest BCUT2D eigenvalue weighted by molar-refractivity contribution is -0.0705. The molecule has 0 aromatic heterocycles. The summed E-state index contributed by atoms with van der Waals surface area (Å²) >= 11 is 3.61. The van der Waals surface area contributed by atoms with Crippen molar-refractivity contribution in [3.8, 4) is 11.5 Å². The summed E-state index contributed by atoms with van der Waals surface area (Å²) in [6, 6.07) is 4.17. The predicted molar refractivity (Wildman–Crippen MR) is 88.7 cm³/mol. The van der Waals surface area contributed by atoms with Gasteiger partial charge in [0.05, 0.1) is 26.4 Å². The fourth-order valence-electron chi connectivity index (χ4n) is 3.19. The molecule has 0 saturated carbocycles. The summed E-state index contributed by atoms with van der Waals surface area (Å²) < 4.78 is 17.1. The first kappa shape index (κ1) is 16.6. The molecule has 2 rings (SSSR count). The molecule has 1 heterocycles. The van der Waals surface area contributed by atoms with Crippen molar-refractivity contribution in [1.29, 1.82) is 0 Å². The molecular formula is C17H25BrO3. The zero-order valence-corrected chi connectivity index (χ0v) is 15.2. The van der Waals surface area contributed by atoms with Crippen LogP contribution in [0.25, 0.3) is 0 Å². The molecule has 0 saturated heterocycles. The number of fused-ring (bicyclic) bond motifs is 1. The molecule has 0 amide bonds. The van der Waals surface area contributed by atoms with Crippen LogP contribution in [0, 0.1) is 5.41 Å². The van der Waals surface area contributed by atoms with E-state index in [1.807, 2.05) is 0 Å². The van der Waals surface area contributed by atoms with Gasteiger partial charge < -0.3 is 14.2 Å². The summed E-state index contributed by atoms with van der Waals surface area (Å²) in [5, 5.41) is 0.946. The highest BCUT2D eigenvalue weighted by atomic mass is 79.9. The van der Waals surface area contributed by atoms with E-state index in [1.165, 1.54) is 11.1 Å². The molecule has 0 N–H and O–H groups in total. The van der Waals surface area contributed by atoms with Gasteiger partial charge >= 0.3 is 0 Å². The Labute approximate surface area is 136 Å². The second kappa shape index (κ2) is 6.17. The van der Waals surface area contributed by atoms with Crippen molar-refractivity contribution in [3.63, 3.8) is 0 Å². The third-order valence-corrected chi connectivity index (χ3v) is 5.67. The first-order valence-electron chi connectivity index (χ1n) is 7.30. The molecule has 0 fully saturated rings. The van der Waals surface area contributed by atoms with Gasteiger partial charge in [0.2, 0.25) is 0 Å². The Hall–Kier alpha value is -0.740. The minimum atomic E-state index is -0.287. The van der Waals surface area contributed by atoms with E-state index in [9.17, 15) is 0 Å². The molecule has 0 bridgehead atoms. The van der Waals surface area contributed by atoms with Crippen LogP contribution in [0.15, 0.2) is 12.1 Å². The average Bonchev–Trinajstić information content (AvgIpc) is 2.45. The second-order valence-electron chi connectivity index (χ2n) is 6.67. The predicted octanol–water partition coefficient (Wildman–Crippen LogP) is 4.30. The SMILES string of the molecule is COc1cc2c(cc1OC)C(C)(CC(C)(C)CBr)OCC2. The van der Waals surface area contributed by atoms with Gasteiger partial charge in [0, 0.05) is 5.33 Å². The number of methoxy groups -OCH3 is 2. The highest BCUT2D eigenvalue weighted by molar-refractivity contribution is 9.09. The Balaban J connectivity index is 2.47. The van der Waals surface area contributed by atoms with Crippen molar-refractivity contribution in [3.05, 3.63) is 23.3 Å². The van der Waals surface area contributed by atoms with Gasteiger partial charge in [0.15, 0.2) is 11.5 Å². The number of alkyl halides is 1. The summed E-state index contributed by atoms with van der Waals surface area (Å²) in [6.07, 6.45) is 1.87. The normalized spacial score (nSPS) is 21.8. The molecule has 118 valence electrons. The lowest BCUT2D eigenvalue weighted by Gasteiger charge is -2.41. The molecule has 1 aliphatic rings. The molecule has 1 aliphatic heterocycles. The van der Waals surface area contributed by atoms with Crippen LogP contribution >= 0.6 is 15.9 Å². The molecule has 0 radical (unpaired) electrons. The van der Waals surface area contributed by atoms with Crippen molar-refractivity contribution in [1.82, 2.24) is 0 Å². The zero-order valence-electron chi connectivity index (χ0n) is 13.6. The first-order chi connectivity index (χ1) is 9.85. The van der Waals surface area contributed by atoms with Crippen LogP contribution in [0.4, 0.5) is 0 Å². The van der Waals surface area contributed by atoms with E-state index in [4.69, 9.17) is 14.2 Å². The molecule has 1 aromatic rings. The van der Waals surface area contributed by atoms with E-state index in [0.29, 0.717) is 0 Å². The largest absolute Gasteiger partial charge is 0.493 e. The molecule has 1 aromatic carbocycles. The third kappa shape index (κ3) is 3.37. The van der Waals surface area contributed by atoms with Crippen molar-refractivity contribution < 1.29 is 14.2 Å². The van der Waals surface area contributed by atoms with Gasteiger partial charge in [-0.05, 0) is 48.4 Å². The minimum absolute atomic E-state index is 0.163. The summed E-state index contributed by atoms with van der Waals surface area (Å²) in [7, 11) is 3.35. The summed E-state index contributed by atoms with van der Waals surface area (Å²) in [5.74, 6) is 1.56. The first-order valence-corrected chi connectivity index (χ1v) is 8.43. The van der Waals surface area contributed by atoms with E-state index >= 15 is 0 Å². The molecule has 1 unspecified atom stereocenters. The maximum Gasteiger partial charge on any atom is 0.161 e. The lowest BCUT2D eigenvalue weighted by atomic mass is 9.76. The number of ether oxygens (including phenoxy) is 3. The standard InChI is InChI=1S/C17H25BrO3/c1-16(2,11-18)10-17(3)13-9-15(20-5)14(19-4)8-12(13)6-7-21-17/h8-9H,6-7,10-11H2,1-5H3.